The molecule has 210 valence electrons. The van der Waals surface area contributed by atoms with Gasteiger partial charge in [0.25, 0.3) is 11.9 Å². The van der Waals surface area contributed by atoms with Gasteiger partial charge in [-0.05, 0) is 65.6 Å². The normalized spacial score (nSPS) is 11.9. The first-order chi connectivity index (χ1) is 20.5. The fourth-order valence-electron chi connectivity index (χ4n) is 5.02. The molecule has 2 heterocycles. The number of carbonyl (C=O) groups is 1. The summed E-state index contributed by atoms with van der Waals surface area (Å²) in [4.78, 5) is 18.3. The molecule has 1 unspecified atom stereocenters. The summed E-state index contributed by atoms with van der Waals surface area (Å²) < 4.78 is 8.90. The second-order valence-corrected chi connectivity index (χ2v) is 10.7. The van der Waals surface area contributed by atoms with Crippen LogP contribution in [-0.4, -0.2) is 42.7 Å². The maximum Gasteiger partial charge on any atom is 0.297 e. The average molecular weight is 623 g/mol. The molecule has 1 amide bonds. The van der Waals surface area contributed by atoms with Crippen LogP contribution in [0.5, 0.6) is 6.01 Å². The minimum Gasteiger partial charge on any atom is -0.465 e. The summed E-state index contributed by atoms with van der Waals surface area (Å²) >= 11 is 3.47. The topological polar surface area (TPSA) is 111 Å². The zero-order valence-corrected chi connectivity index (χ0v) is 24.7. The second kappa shape index (κ2) is 12.0. The summed E-state index contributed by atoms with van der Waals surface area (Å²) in [6.07, 6.45) is 0. The van der Waals surface area contributed by atoms with E-state index in [-0.39, 0.29) is 11.9 Å². The van der Waals surface area contributed by atoms with Gasteiger partial charge < -0.3 is 10.1 Å². The number of halogens is 1. The molecule has 42 heavy (non-hydrogen) atoms. The lowest BCUT2D eigenvalue weighted by Crippen LogP contribution is -2.27. The van der Waals surface area contributed by atoms with E-state index in [4.69, 9.17) is 9.72 Å². The summed E-state index contributed by atoms with van der Waals surface area (Å²) in [5, 5.41) is 17.7. The lowest BCUT2D eigenvalue weighted by atomic mass is 9.98. The van der Waals surface area contributed by atoms with Crippen molar-refractivity contribution in [2.24, 2.45) is 0 Å². The van der Waals surface area contributed by atoms with Crippen LogP contribution >= 0.6 is 15.9 Å². The van der Waals surface area contributed by atoms with Gasteiger partial charge in [0.05, 0.1) is 35.8 Å². The van der Waals surface area contributed by atoms with Gasteiger partial charge >= 0.3 is 0 Å². The summed E-state index contributed by atoms with van der Waals surface area (Å²) in [5.41, 5.74) is 6.96. The number of benzene rings is 4. The summed E-state index contributed by atoms with van der Waals surface area (Å²) in [5.74, 6) is 0.370. The van der Waals surface area contributed by atoms with E-state index in [1.165, 1.54) is 0 Å². The zero-order chi connectivity index (χ0) is 29.1. The molecule has 0 bridgehead atoms. The van der Waals surface area contributed by atoms with E-state index in [0.717, 1.165) is 37.8 Å². The Balaban J connectivity index is 1.32. The molecule has 4 aromatic carbocycles. The lowest BCUT2D eigenvalue weighted by Gasteiger charge is -2.16. The Kier molecular flexibility index (Phi) is 7.78. The largest absolute Gasteiger partial charge is 0.465 e. The number of para-hydroxylation sites is 1. The Morgan fingerprint density at radius 2 is 1.74 bits per heavy atom. The SMILES string of the molecule is CCOc1nc2cccc(C(=O)NC(C)c3ccc(Br)cc3)c2n1Cc1ccc(-c2ccccc2-c2nn[nH]n2)cc1. The molecule has 0 fully saturated rings. The van der Waals surface area contributed by atoms with E-state index >= 15 is 0 Å². The van der Waals surface area contributed by atoms with Crippen molar-refractivity contribution in [2.45, 2.75) is 26.4 Å². The van der Waals surface area contributed by atoms with Crippen molar-refractivity contribution >= 4 is 32.9 Å². The number of amides is 1. The van der Waals surface area contributed by atoms with Crippen LogP contribution in [-0.2, 0) is 6.54 Å². The predicted octanol–water partition coefficient (Wildman–Crippen LogP) is 6.58. The quantitative estimate of drug-likeness (QED) is 0.188. The third kappa shape index (κ3) is 5.53. The Labute approximate surface area is 251 Å². The summed E-state index contributed by atoms with van der Waals surface area (Å²) in [6, 6.07) is 30.1. The number of tetrazole rings is 1. The number of hydrogen-bond donors (Lipinski definition) is 2. The smallest absolute Gasteiger partial charge is 0.297 e. The summed E-state index contributed by atoms with van der Waals surface area (Å²) in [7, 11) is 0. The highest BCUT2D eigenvalue weighted by Crippen LogP contribution is 2.31. The van der Waals surface area contributed by atoms with Gasteiger partial charge in [-0.2, -0.15) is 10.2 Å². The van der Waals surface area contributed by atoms with Crippen molar-refractivity contribution in [3.63, 3.8) is 0 Å². The molecule has 2 N–H and O–H groups in total. The Hall–Kier alpha value is -4.83. The number of hydrogen-bond acceptors (Lipinski definition) is 6. The third-order valence-electron chi connectivity index (χ3n) is 7.09. The number of aromatic nitrogens is 6. The number of H-pyrrole nitrogens is 1. The van der Waals surface area contributed by atoms with Crippen LogP contribution in [0.3, 0.4) is 0 Å². The molecule has 0 aliphatic carbocycles. The highest BCUT2D eigenvalue weighted by Gasteiger charge is 2.21. The number of carbonyl (C=O) groups excluding carboxylic acids is 1. The monoisotopic (exact) mass is 621 g/mol. The van der Waals surface area contributed by atoms with Gasteiger partial charge in [-0.25, -0.2) is 0 Å². The minimum atomic E-state index is -0.175. The van der Waals surface area contributed by atoms with Crippen LogP contribution in [0.4, 0.5) is 0 Å². The van der Waals surface area contributed by atoms with Crippen LogP contribution in [0.15, 0.2) is 95.5 Å². The first kappa shape index (κ1) is 27.3. The standard InChI is InChI=1S/C32H28BrN7O2/c1-3-42-32-35-28-10-6-9-27(31(41)34-20(2)22-15-17-24(33)18-16-22)29(28)40(32)19-21-11-13-23(14-12-21)25-7-4-5-8-26(25)30-36-38-39-37-30/h4-18,20H,3,19H2,1-2H3,(H,34,41)(H,36,37,38,39). The molecule has 0 saturated carbocycles. The van der Waals surface area contributed by atoms with E-state index < -0.39 is 0 Å². The molecule has 0 aliphatic rings. The molecule has 1 atom stereocenters. The van der Waals surface area contributed by atoms with Gasteiger partial charge in [-0.3, -0.25) is 9.36 Å². The first-order valence-corrected chi connectivity index (χ1v) is 14.4. The molecule has 0 aliphatic heterocycles. The number of rotatable bonds is 9. The van der Waals surface area contributed by atoms with Gasteiger partial charge in [-0.1, -0.05) is 82.7 Å². The molecular formula is C32H28BrN7O2. The molecule has 0 saturated heterocycles. The minimum absolute atomic E-state index is 0.173. The Morgan fingerprint density at radius 1 is 0.976 bits per heavy atom. The molecule has 6 rings (SSSR count). The lowest BCUT2D eigenvalue weighted by molar-refractivity contribution is 0.0941. The number of nitrogens with one attached hydrogen (secondary N) is 2. The predicted molar refractivity (Wildman–Crippen MR) is 165 cm³/mol. The van der Waals surface area contributed by atoms with Gasteiger partial charge in [0.1, 0.15) is 0 Å². The van der Waals surface area contributed by atoms with Crippen molar-refractivity contribution in [3.8, 4) is 28.5 Å². The molecule has 0 spiro atoms. The number of aromatic amines is 1. The maximum atomic E-state index is 13.6. The van der Waals surface area contributed by atoms with E-state index in [1.54, 1.807) is 0 Å². The average Bonchev–Trinajstić information content (AvgIpc) is 3.67. The van der Waals surface area contributed by atoms with Crippen LogP contribution in [0, 0.1) is 0 Å². The zero-order valence-electron chi connectivity index (χ0n) is 23.1. The van der Waals surface area contributed by atoms with E-state index in [9.17, 15) is 4.79 Å². The fourth-order valence-corrected chi connectivity index (χ4v) is 5.28. The third-order valence-corrected chi connectivity index (χ3v) is 7.61. The van der Waals surface area contributed by atoms with E-state index in [0.29, 0.717) is 36.1 Å². The van der Waals surface area contributed by atoms with Crippen molar-refractivity contribution in [3.05, 3.63) is 112 Å². The number of imidazole rings is 1. The summed E-state index contributed by atoms with van der Waals surface area (Å²) in [6.45, 7) is 4.83. The van der Waals surface area contributed by atoms with Crippen LogP contribution in [0.2, 0.25) is 0 Å². The molecule has 0 radical (unpaired) electrons. The molecular weight excluding hydrogens is 594 g/mol. The van der Waals surface area contributed by atoms with Crippen LogP contribution in [0.1, 0.15) is 41.4 Å². The Morgan fingerprint density at radius 3 is 2.45 bits per heavy atom. The fraction of sp³-hybridized carbons (Fsp3) is 0.156. The molecule has 2 aromatic heterocycles. The molecule has 6 aromatic rings. The molecule has 9 nitrogen and oxygen atoms in total. The van der Waals surface area contributed by atoms with Crippen molar-refractivity contribution < 1.29 is 9.53 Å². The maximum absolute atomic E-state index is 13.6. The van der Waals surface area contributed by atoms with Crippen LogP contribution in [0.25, 0.3) is 33.5 Å². The van der Waals surface area contributed by atoms with Gasteiger partial charge in [0, 0.05) is 10.0 Å². The van der Waals surface area contributed by atoms with Crippen LogP contribution < -0.4 is 10.1 Å². The van der Waals surface area contributed by atoms with E-state index in [2.05, 4.69) is 66.1 Å². The van der Waals surface area contributed by atoms with Crippen molar-refractivity contribution in [2.75, 3.05) is 6.61 Å². The second-order valence-electron chi connectivity index (χ2n) is 9.81. The number of fused-ring (bicyclic) bond motifs is 1. The highest BCUT2D eigenvalue weighted by molar-refractivity contribution is 9.10. The van der Waals surface area contributed by atoms with Crippen molar-refractivity contribution in [1.29, 1.82) is 0 Å². The van der Waals surface area contributed by atoms with Gasteiger partial charge in [0.15, 0.2) is 0 Å². The Bertz CT molecular complexity index is 1830. The van der Waals surface area contributed by atoms with Crippen molar-refractivity contribution in [1.82, 2.24) is 35.5 Å². The van der Waals surface area contributed by atoms with E-state index in [1.807, 2.05) is 85.1 Å². The van der Waals surface area contributed by atoms with Gasteiger partial charge in [0.2, 0.25) is 5.82 Å². The van der Waals surface area contributed by atoms with Gasteiger partial charge in [-0.15, -0.1) is 10.2 Å². The highest BCUT2D eigenvalue weighted by atomic mass is 79.9. The number of nitrogens with zero attached hydrogens (tertiary/aromatic N) is 5. The molecule has 10 heteroatoms. The first-order valence-electron chi connectivity index (χ1n) is 13.6. The number of ether oxygens (including phenoxy) is 1.